The summed E-state index contributed by atoms with van der Waals surface area (Å²) in [5, 5.41) is 9.02. The van der Waals surface area contributed by atoms with E-state index in [2.05, 4.69) is 15.6 Å². The summed E-state index contributed by atoms with van der Waals surface area (Å²) in [4.78, 5) is 4.61. The van der Waals surface area contributed by atoms with Gasteiger partial charge in [-0.3, -0.25) is 0 Å². The molecule has 5 heteroatoms. The fourth-order valence-corrected chi connectivity index (χ4v) is 2.41. The minimum absolute atomic E-state index is 0.542. The molecular weight excluding hydrogens is 274 g/mol. The van der Waals surface area contributed by atoms with E-state index in [-0.39, 0.29) is 0 Å². The van der Waals surface area contributed by atoms with Crippen molar-refractivity contribution in [3.05, 3.63) is 29.6 Å². The van der Waals surface area contributed by atoms with Gasteiger partial charge in [0.05, 0.1) is 22.7 Å². The number of hydrogen-bond donors (Lipinski definition) is 0. The van der Waals surface area contributed by atoms with Crippen LogP contribution in [0.4, 0.5) is 0 Å². The molecule has 1 aromatic carbocycles. The van der Waals surface area contributed by atoms with E-state index in [0.717, 1.165) is 49.5 Å². The molecule has 2 aromatic rings. The second kappa shape index (κ2) is 7.28. The van der Waals surface area contributed by atoms with Crippen molar-refractivity contribution in [3.8, 4) is 6.07 Å². The summed E-state index contributed by atoms with van der Waals surface area (Å²) in [6.45, 7) is 4.29. The average Bonchev–Trinajstić information content (AvgIpc) is 2.81. The third-order valence-electron chi connectivity index (χ3n) is 3.15. The van der Waals surface area contributed by atoms with Crippen LogP contribution >= 0.6 is 11.6 Å². The number of fused-ring (bicyclic) bond motifs is 1. The van der Waals surface area contributed by atoms with Crippen LogP contribution in [0.2, 0.25) is 0 Å². The zero-order valence-corrected chi connectivity index (χ0v) is 12.4. The highest BCUT2D eigenvalue weighted by atomic mass is 35.5. The highest BCUT2D eigenvalue weighted by molar-refractivity contribution is 6.17. The topological polar surface area (TPSA) is 50.8 Å². The molecule has 0 amide bonds. The molecule has 4 nitrogen and oxygen atoms in total. The lowest BCUT2D eigenvalue weighted by Crippen LogP contribution is -2.07. The monoisotopic (exact) mass is 291 g/mol. The van der Waals surface area contributed by atoms with Crippen LogP contribution in [0.25, 0.3) is 11.0 Å². The fourth-order valence-electron chi connectivity index (χ4n) is 2.24. The van der Waals surface area contributed by atoms with E-state index in [9.17, 15) is 0 Å². The van der Waals surface area contributed by atoms with E-state index >= 15 is 0 Å². The van der Waals surface area contributed by atoms with Crippen molar-refractivity contribution < 1.29 is 4.74 Å². The van der Waals surface area contributed by atoms with Gasteiger partial charge in [-0.15, -0.1) is 11.6 Å². The van der Waals surface area contributed by atoms with Gasteiger partial charge in [-0.25, -0.2) is 4.98 Å². The number of rotatable bonds is 7. The Morgan fingerprint density at radius 1 is 1.45 bits per heavy atom. The number of alkyl halides is 1. The number of aromatic nitrogens is 2. The Balaban J connectivity index is 2.31. The van der Waals surface area contributed by atoms with Crippen molar-refractivity contribution in [2.24, 2.45) is 0 Å². The predicted molar refractivity (Wildman–Crippen MR) is 80.0 cm³/mol. The number of hydrogen-bond acceptors (Lipinski definition) is 3. The quantitative estimate of drug-likeness (QED) is 0.582. The summed E-state index contributed by atoms with van der Waals surface area (Å²) in [6.07, 6.45) is 1.65. The molecule has 0 aliphatic carbocycles. The van der Waals surface area contributed by atoms with Crippen molar-refractivity contribution in [3.63, 3.8) is 0 Å². The van der Waals surface area contributed by atoms with Crippen molar-refractivity contribution in [1.82, 2.24) is 9.55 Å². The molecule has 0 atom stereocenters. The molecule has 0 bridgehead atoms. The number of nitrogens with zero attached hydrogens (tertiary/aromatic N) is 3. The third-order valence-corrected chi connectivity index (χ3v) is 3.34. The largest absolute Gasteiger partial charge is 0.382 e. The molecule has 0 saturated carbocycles. The van der Waals surface area contributed by atoms with Gasteiger partial charge in [0, 0.05) is 32.1 Å². The minimum Gasteiger partial charge on any atom is -0.382 e. The Hall–Kier alpha value is -1.57. The zero-order chi connectivity index (χ0) is 14.4. The molecule has 1 heterocycles. The number of imidazole rings is 1. The predicted octanol–water partition coefficient (Wildman–Crippen LogP) is 3.12. The second-order valence-corrected chi connectivity index (χ2v) is 4.86. The molecule has 0 spiro atoms. The fraction of sp³-hybridized carbons (Fsp3) is 0.467. The van der Waals surface area contributed by atoms with E-state index in [0.29, 0.717) is 11.4 Å². The number of benzene rings is 1. The van der Waals surface area contributed by atoms with Gasteiger partial charge < -0.3 is 9.30 Å². The summed E-state index contributed by atoms with van der Waals surface area (Å²) >= 11 is 5.85. The number of ether oxygens (including phenoxy) is 1. The number of halogens is 1. The average molecular weight is 292 g/mol. The van der Waals surface area contributed by atoms with Crippen LogP contribution in [-0.4, -0.2) is 28.6 Å². The lowest BCUT2D eigenvalue weighted by atomic mass is 10.2. The first-order valence-corrected chi connectivity index (χ1v) is 7.36. The maximum atomic E-state index is 9.02. The van der Waals surface area contributed by atoms with Crippen LogP contribution in [0.5, 0.6) is 0 Å². The van der Waals surface area contributed by atoms with Crippen LogP contribution in [0.15, 0.2) is 18.2 Å². The molecule has 1 aromatic heterocycles. The summed E-state index contributed by atoms with van der Waals surface area (Å²) in [6, 6.07) is 7.75. The molecule has 106 valence electrons. The maximum Gasteiger partial charge on any atom is 0.111 e. The van der Waals surface area contributed by atoms with Crippen LogP contribution in [0.1, 0.15) is 24.7 Å². The second-order valence-electron chi connectivity index (χ2n) is 4.48. The van der Waals surface area contributed by atoms with Gasteiger partial charge in [0.15, 0.2) is 0 Å². The Kier molecular flexibility index (Phi) is 5.40. The Labute approximate surface area is 123 Å². The Bertz CT molecular complexity index is 615. The maximum absolute atomic E-state index is 9.02. The molecule has 0 unspecified atom stereocenters. The Morgan fingerprint density at radius 2 is 2.30 bits per heavy atom. The van der Waals surface area contributed by atoms with Crippen LogP contribution < -0.4 is 0 Å². The summed E-state index contributed by atoms with van der Waals surface area (Å²) in [5.41, 5.74) is 2.57. The highest BCUT2D eigenvalue weighted by Gasteiger charge is 2.10. The first kappa shape index (κ1) is 14.8. The van der Waals surface area contributed by atoms with Crippen LogP contribution in [0.3, 0.4) is 0 Å². The lowest BCUT2D eigenvalue weighted by Gasteiger charge is -2.08. The molecular formula is C15H18ClN3O. The van der Waals surface area contributed by atoms with E-state index in [4.69, 9.17) is 21.6 Å². The van der Waals surface area contributed by atoms with E-state index in [1.54, 1.807) is 6.07 Å². The SMILES string of the molecule is CCOCCCn1c(CCCl)nc2ccc(C#N)cc21. The first-order valence-electron chi connectivity index (χ1n) is 6.83. The normalized spacial score (nSPS) is 10.8. The third kappa shape index (κ3) is 3.30. The minimum atomic E-state index is 0.542. The molecule has 2 rings (SSSR count). The molecule has 0 saturated heterocycles. The van der Waals surface area contributed by atoms with E-state index in [1.807, 2.05) is 19.1 Å². The highest BCUT2D eigenvalue weighted by Crippen LogP contribution is 2.19. The van der Waals surface area contributed by atoms with Crippen molar-refractivity contribution in [1.29, 1.82) is 5.26 Å². The number of aryl methyl sites for hydroxylation is 2. The summed E-state index contributed by atoms with van der Waals surface area (Å²) < 4.78 is 7.53. The van der Waals surface area contributed by atoms with Crippen molar-refractivity contribution >= 4 is 22.6 Å². The van der Waals surface area contributed by atoms with Gasteiger partial charge in [-0.1, -0.05) is 0 Å². The van der Waals surface area contributed by atoms with Gasteiger partial charge in [0.2, 0.25) is 0 Å². The van der Waals surface area contributed by atoms with Gasteiger partial charge in [0.1, 0.15) is 5.82 Å². The zero-order valence-electron chi connectivity index (χ0n) is 11.6. The van der Waals surface area contributed by atoms with Crippen molar-refractivity contribution in [2.45, 2.75) is 26.3 Å². The Morgan fingerprint density at radius 3 is 3.00 bits per heavy atom. The van der Waals surface area contributed by atoms with Gasteiger partial charge >= 0.3 is 0 Å². The summed E-state index contributed by atoms with van der Waals surface area (Å²) in [5.74, 6) is 1.52. The van der Waals surface area contributed by atoms with Crippen molar-refractivity contribution in [2.75, 3.05) is 19.1 Å². The van der Waals surface area contributed by atoms with Gasteiger partial charge in [-0.05, 0) is 31.5 Å². The first-order chi connectivity index (χ1) is 9.80. The molecule has 0 aliphatic rings. The standard InChI is InChI=1S/C15H18ClN3O/c1-2-20-9-3-8-19-14-10-12(11-17)4-5-13(14)18-15(19)6-7-16/h4-5,10H,2-3,6-9H2,1H3. The van der Waals surface area contributed by atoms with Crippen LogP contribution in [0, 0.1) is 11.3 Å². The van der Waals surface area contributed by atoms with Crippen LogP contribution in [-0.2, 0) is 17.7 Å². The summed E-state index contributed by atoms with van der Waals surface area (Å²) in [7, 11) is 0. The molecule has 20 heavy (non-hydrogen) atoms. The molecule has 0 fully saturated rings. The van der Waals surface area contributed by atoms with Gasteiger partial charge in [0.25, 0.3) is 0 Å². The lowest BCUT2D eigenvalue weighted by molar-refractivity contribution is 0.141. The molecule has 0 N–H and O–H groups in total. The van der Waals surface area contributed by atoms with E-state index in [1.165, 1.54) is 0 Å². The number of nitriles is 1. The van der Waals surface area contributed by atoms with Gasteiger partial charge in [-0.2, -0.15) is 5.26 Å². The smallest absolute Gasteiger partial charge is 0.111 e. The van der Waals surface area contributed by atoms with E-state index < -0.39 is 0 Å². The molecule has 0 radical (unpaired) electrons. The molecule has 0 aliphatic heterocycles.